The topological polar surface area (TPSA) is 131 Å². The fraction of sp³-hybridized carbons (Fsp3) is 0.300. The number of amides is 2. The van der Waals surface area contributed by atoms with Gasteiger partial charge in [0, 0.05) is 11.6 Å². The highest BCUT2D eigenvalue weighted by atomic mass is 32.2. The third kappa shape index (κ3) is 4.18. The Balaban J connectivity index is 1.52. The zero-order chi connectivity index (χ0) is 21.3. The Morgan fingerprint density at radius 1 is 1.23 bits per heavy atom. The van der Waals surface area contributed by atoms with E-state index >= 15 is 0 Å². The van der Waals surface area contributed by atoms with Gasteiger partial charge in [-0.1, -0.05) is 35.5 Å². The third-order valence-corrected chi connectivity index (χ3v) is 6.71. The van der Waals surface area contributed by atoms with Crippen LogP contribution in [-0.2, 0) is 14.6 Å². The summed E-state index contributed by atoms with van der Waals surface area (Å²) in [6.45, 7) is 1.43. The number of sulfone groups is 1. The molecule has 0 aliphatic carbocycles. The van der Waals surface area contributed by atoms with Crippen molar-refractivity contribution in [1.82, 2.24) is 20.8 Å². The maximum Gasteiger partial charge on any atom is 0.259 e. The molecule has 0 unspecified atom stereocenters. The minimum atomic E-state index is -3.10. The Hall–Kier alpha value is -3.27. The van der Waals surface area contributed by atoms with E-state index in [2.05, 4.69) is 20.8 Å². The van der Waals surface area contributed by atoms with E-state index in [9.17, 15) is 18.0 Å². The van der Waals surface area contributed by atoms with Crippen molar-refractivity contribution in [3.63, 3.8) is 0 Å². The fourth-order valence-electron chi connectivity index (χ4n) is 3.47. The number of nitrogens with one attached hydrogen (secondary N) is 2. The zero-order valence-corrected chi connectivity index (χ0v) is 17.0. The van der Waals surface area contributed by atoms with Crippen LogP contribution in [0.3, 0.4) is 0 Å². The second-order valence-corrected chi connectivity index (χ2v) is 9.45. The highest BCUT2D eigenvalue weighted by Crippen LogP contribution is 2.26. The van der Waals surface area contributed by atoms with Crippen molar-refractivity contribution in [2.45, 2.75) is 19.4 Å². The molecule has 1 fully saturated rings. The van der Waals surface area contributed by atoms with E-state index in [0.717, 1.165) is 5.56 Å². The minimum Gasteiger partial charge on any atom is -0.351 e. The lowest BCUT2D eigenvalue weighted by molar-refractivity contribution is -0.120. The summed E-state index contributed by atoms with van der Waals surface area (Å²) in [6, 6.07) is 10.5. The molecule has 30 heavy (non-hydrogen) atoms. The van der Waals surface area contributed by atoms with E-state index in [4.69, 9.17) is 4.52 Å². The van der Waals surface area contributed by atoms with Crippen LogP contribution < -0.4 is 10.6 Å². The molecule has 1 aliphatic heterocycles. The number of benzene rings is 1. The number of nitrogens with zero attached hydrogens (tertiary/aromatic N) is 2. The summed E-state index contributed by atoms with van der Waals surface area (Å²) < 4.78 is 28.3. The molecule has 3 heterocycles. The van der Waals surface area contributed by atoms with Crippen molar-refractivity contribution >= 4 is 32.8 Å². The third-order valence-electron chi connectivity index (χ3n) is 4.94. The lowest BCUT2D eigenvalue weighted by Gasteiger charge is -2.12. The van der Waals surface area contributed by atoms with Crippen molar-refractivity contribution in [2.24, 2.45) is 0 Å². The van der Waals surface area contributed by atoms with Gasteiger partial charge < -0.3 is 15.2 Å². The van der Waals surface area contributed by atoms with Crippen molar-refractivity contribution in [3.05, 3.63) is 47.7 Å². The SMILES string of the molecule is Cc1noc2nc(-c3ccccc3)cc(C(=O)NCC(=O)N[C@@H]3CCS(=O)(=O)C3)c12. The summed E-state index contributed by atoms with van der Waals surface area (Å²) in [6.07, 6.45) is 0.382. The minimum absolute atomic E-state index is 0.0638. The van der Waals surface area contributed by atoms with Crippen LogP contribution in [0, 0.1) is 6.92 Å². The van der Waals surface area contributed by atoms with E-state index < -0.39 is 27.7 Å². The van der Waals surface area contributed by atoms with Crippen LogP contribution in [0.2, 0.25) is 0 Å². The summed E-state index contributed by atoms with van der Waals surface area (Å²) in [7, 11) is -3.10. The Morgan fingerprint density at radius 3 is 2.70 bits per heavy atom. The van der Waals surface area contributed by atoms with Gasteiger partial charge in [-0.15, -0.1) is 0 Å². The second-order valence-electron chi connectivity index (χ2n) is 7.22. The van der Waals surface area contributed by atoms with Crippen LogP contribution in [0.5, 0.6) is 0 Å². The first-order valence-electron chi connectivity index (χ1n) is 9.43. The largest absolute Gasteiger partial charge is 0.351 e. The molecule has 2 aromatic heterocycles. The summed E-state index contributed by atoms with van der Waals surface area (Å²) >= 11 is 0. The van der Waals surface area contributed by atoms with Gasteiger partial charge in [0.2, 0.25) is 5.91 Å². The molecule has 0 bridgehead atoms. The first kappa shape index (κ1) is 20.0. The molecule has 2 N–H and O–H groups in total. The predicted molar refractivity (Wildman–Crippen MR) is 110 cm³/mol. The monoisotopic (exact) mass is 428 g/mol. The average Bonchev–Trinajstić information content (AvgIpc) is 3.27. The van der Waals surface area contributed by atoms with Gasteiger partial charge >= 0.3 is 0 Å². The quantitative estimate of drug-likeness (QED) is 0.625. The molecule has 9 nitrogen and oxygen atoms in total. The maximum atomic E-state index is 12.9. The molecule has 1 aromatic carbocycles. The van der Waals surface area contributed by atoms with Gasteiger partial charge in [0.05, 0.1) is 40.4 Å². The fourth-order valence-corrected chi connectivity index (χ4v) is 5.15. The Labute approximate surface area is 172 Å². The smallest absolute Gasteiger partial charge is 0.259 e. The van der Waals surface area contributed by atoms with Crippen LogP contribution in [0.25, 0.3) is 22.4 Å². The molecule has 10 heteroatoms. The van der Waals surface area contributed by atoms with E-state index in [1.54, 1.807) is 13.0 Å². The first-order valence-corrected chi connectivity index (χ1v) is 11.2. The molecule has 3 aromatic rings. The molecular weight excluding hydrogens is 408 g/mol. The van der Waals surface area contributed by atoms with Gasteiger partial charge in [0.25, 0.3) is 11.6 Å². The van der Waals surface area contributed by atoms with Crippen molar-refractivity contribution < 1.29 is 22.5 Å². The number of rotatable bonds is 5. The maximum absolute atomic E-state index is 12.9. The van der Waals surface area contributed by atoms with Crippen molar-refractivity contribution in [3.8, 4) is 11.3 Å². The van der Waals surface area contributed by atoms with Crippen molar-refractivity contribution in [1.29, 1.82) is 0 Å². The second kappa shape index (κ2) is 7.86. The van der Waals surface area contributed by atoms with E-state index in [1.807, 2.05) is 30.3 Å². The number of hydrogen-bond acceptors (Lipinski definition) is 7. The van der Waals surface area contributed by atoms with Gasteiger partial charge in [-0.25, -0.2) is 13.4 Å². The van der Waals surface area contributed by atoms with Crippen molar-refractivity contribution in [2.75, 3.05) is 18.1 Å². The summed E-state index contributed by atoms with van der Waals surface area (Å²) in [5, 5.41) is 9.61. The normalized spacial score (nSPS) is 17.7. The van der Waals surface area contributed by atoms with Gasteiger partial charge in [-0.05, 0) is 19.4 Å². The van der Waals surface area contributed by atoms with Gasteiger partial charge in [0.1, 0.15) is 0 Å². The lowest BCUT2D eigenvalue weighted by atomic mass is 10.1. The van der Waals surface area contributed by atoms with E-state index in [-0.39, 0.29) is 23.8 Å². The number of fused-ring (bicyclic) bond motifs is 1. The number of carbonyl (C=O) groups is 2. The Morgan fingerprint density at radius 2 is 2.00 bits per heavy atom. The Kier molecular flexibility index (Phi) is 5.25. The van der Waals surface area contributed by atoms with Gasteiger partial charge in [0.15, 0.2) is 9.84 Å². The van der Waals surface area contributed by atoms with Crippen LogP contribution >= 0.6 is 0 Å². The molecule has 4 rings (SSSR count). The molecule has 2 amide bonds. The summed E-state index contributed by atoms with van der Waals surface area (Å²) in [5.74, 6) is -0.923. The summed E-state index contributed by atoms with van der Waals surface area (Å²) in [4.78, 5) is 29.4. The van der Waals surface area contributed by atoms with Crippen LogP contribution in [0.15, 0.2) is 40.9 Å². The number of aromatic nitrogens is 2. The number of hydrogen-bond donors (Lipinski definition) is 2. The van der Waals surface area contributed by atoms with Crippen LogP contribution in [0.4, 0.5) is 0 Å². The number of pyridine rings is 1. The number of aryl methyl sites for hydroxylation is 1. The molecule has 0 radical (unpaired) electrons. The first-order chi connectivity index (χ1) is 14.3. The molecule has 1 aliphatic rings. The zero-order valence-electron chi connectivity index (χ0n) is 16.2. The van der Waals surface area contributed by atoms with Crippen LogP contribution in [0.1, 0.15) is 22.5 Å². The highest BCUT2D eigenvalue weighted by Gasteiger charge is 2.29. The van der Waals surface area contributed by atoms with Crippen LogP contribution in [-0.4, -0.2) is 54.5 Å². The standard InChI is InChI=1S/C20H20N4O5S/c1-12-18-15(9-16(23-20(18)29-24-12)13-5-3-2-4-6-13)19(26)21-10-17(25)22-14-7-8-30(27,28)11-14/h2-6,9,14H,7-8,10-11H2,1H3,(H,21,26)(H,22,25)/t14-/m1/s1. The molecule has 1 atom stereocenters. The molecule has 156 valence electrons. The molecular formula is C20H20N4O5S. The average molecular weight is 428 g/mol. The van der Waals surface area contributed by atoms with E-state index in [0.29, 0.717) is 28.8 Å². The predicted octanol–water partition coefficient (Wildman–Crippen LogP) is 1.23. The summed E-state index contributed by atoms with van der Waals surface area (Å²) in [5.41, 5.74) is 2.41. The lowest BCUT2D eigenvalue weighted by Crippen LogP contribution is -2.42. The van der Waals surface area contributed by atoms with Gasteiger partial charge in [-0.3, -0.25) is 9.59 Å². The molecule has 1 saturated heterocycles. The number of carbonyl (C=O) groups excluding carboxylic acids is 2. The Bertz CT molecular complexity index is 1220. The molecule has 0 spiro atoms. The van der Waals surface area contributed by atoms with E-state index in [1.165, 1.54) is 0 Å². The van der Waals surface area contributed by atoms with Gasteiger partial charge in [-0.2, -0.15) is 0 Å². The molecule has 0 saturated carbocycles. The highest BCUT2D eigenvalue weighted by molar-refractivity contribution is 7.91.